The SMILES string of the molecule is CCCCCCCOc1c(Cl)cc(Br)cc1S(=O)(=O)Cl. The normalized spacial score (nSPS) is 11.6. The molecule has 0 aliphatic heterocycles. The molecule has 0 aromatic heterocycles. The largest absolute Gasteiger partial charge is 0.491 e. The quantitative estimate of drug-likeness (QED) is 0.432. The summed E-state index contributed by atoms with van der Waals surface area (Å²) >= 11 is 9.21. The molecule has 0 radical (unpaired) electrons. The average molecular weight is 404 g/mol. The fraction of sp³-hybridized carbons (Fsp3) is 0.538. The Kier molecular flexibility index (Phi) is 7.65. The molecule has 0 bridgehead atoms. The molecule has 0 spiro atoms. The molecule has 1 rings (SSSR count). The van der Waals surface area contributed by atoms with E-state index in [1.54, 1.807) is 6.07 Å². The van der Waals surface area contributed by atoms with Crippen molar-refractivity contribution in [2.45, 2.75) is 43.9 Å². The van der Waals surface area contributed by atoms with E-state index in [4.69, 9.17) is 27.0 Å². The predicted molar refractivity (Wildman–Crippen MR) is 86.4 cm³/mol. The van der Waals surface area contributed by atoms with Crippen LogP contribution in [0.5, 0.6) is 5.75 Å². The summed E-state index contributed by atoms with van der Waals surface area (Å²) in [4.78, 5) is -0.105. The van der Waals surface area contributed by atoms with E-state index in [1.807, 2.05) is 0 Å². The minimum absolute atomic E-state index is 0.105. The monoisotopic (exact) mass is 402 g/mol. The zero-order valence-corrected chi connectivity index (χ0v) is 15.1. The summed E-state index contributed by atoms with van der Waals surface area (Å²) in [6, 6.07) is 2.97. The van der Waals surface area contributed by atoms with Gasteiger partial charge in [-0.2, -0.15) is 0 Å². The van der Waals surface area contributed by atoms with Crippen molar-refractivity contribution in [3.63, 3.8) is 0 Å². The molecular formula is C13H17BrCl2O3S. The third-order valence-corrected chi connectivity index (χ3v) is 4.80. The summed E-state index contributed by atoms with van der Waals surface area (Å²) < 4.78 is 29.1. The zero-order valence-electron chi connectivity index (χ0n) is 11.2. The van der Waals surface area contributed by atoms with Gasteiger partial charge in [-0.1, -0.05) is 60.1 Å². The highest BCUT2D eigenvalue weighted by molar-refractivity contribution is 9.10. The van der Waals surface area contributed by atoms with Crippen LogP contribution < -0.4 is 4.74 Å². The van der Waals surface area contributed by atoms with E-state index in [0.29, 0.717) is 11.1 Å². The lowest BCUT2D eigenvalue weighted by molar-refractivity contribution is 0.297. The van der Waals surface area contributed by atoms with Gasteiger partial charge >= 0.3 is 0 Å². The summed E-state index contributed by atoms with van der Waals surface area (Å²) in [5.41, 5.74) is 0. The summed E-state index contributed by atoms with van der Waals surface area (Å²) in [6.07, 6.45) is 5.42. The van der Waals surface area contributed by atoms with Crippen LogP contribution in [0.4, 0.5) is 0 Å². The van der Waals surface area contributed by atoms with Gasteiger partial charge in [-0.3, -0.25) is 0 Å². The van der Waals surface area contributed by atoms with Gasteiger partial charge in [0.05, 0.1) is 11.6 Å². The van der Waals surface area contributed by atoms with Crippen LogP contribution in [-0.2, 0) is 9.05 Å². The molecule has 0 atom stereocenters. The minimum Gasteiger partial charge on any atom is -0.491 e. The van der Waals surface area contributed by atoms with Gasteiger partial charge in [0.2, 0.25) is 0 Å². The molecule has 0 aliphatic carbocycles. The fourth-order valence-corrected chi connectivity index (χ4v) is 3.81. The van der Waals surface area contributed by atoms with Crippen LogP contribution >= 0.6 is 38.2 Å². The molecule has 0 N–H and O–H groups in total. The van der Waals surface area contributed by atoms with Crippen LogP contribution in [0, 0.1) is 0 Å². The van der Waals surface area contributed by atoms with Crippen molar-refractivity contribution in [2.24, 2.45) is 0 Å². The maximum Gasteiger partial charge on any atom is 0.265 e. The smallest absolute Gasteiger partial charge is 0.265 e. The summed E-state index contributed by atoms with van der Waals surface area (Å²) in [5, 5.41) is 0.229. The van der Waals surface area contributed by atoms with Crippen LogP contribution in [-0.4, -0.2) is 15.0 Å². The maximum absolute atomic E-state index is 11.5. The lowest BCUT2D eigenvalue weighted by Gasteiger charge is -2.12. The standard InChI is InChI=1S/C13H17BrCl2O3S/c1-2-3-4-5-6-7-19-13-11(15)8-10(14)9-12(13)20(16,17)18/h8-9H,2-7H2,1H3. The molecular weight excluding hydrogens is 387 g/mol. The van der Waals surface area contributed by atoms with Crippen molar-refractivity contribution in [2.75, 3.05) is 6.61 Å². The van der Waals surface area contributed by atoms with Crippen LogP contribution in [0.15, 0.2) is 21.5 Å². The van der Waals surface area contributed by atoms with Crippen molar-refractivity contribution in [3.8, 4) is 5.75 Å². The molecule has 0 aliphatic rings. The number of halogens is 3. The second-order valence-electron chi connectivity index (χ2n) is 4.42. The fourth-order valence-electron chi connectivity index (χ4n) is 1.74. The topological polar surface area (TPSA) is 43.4 Å². The van der Waals surface area contributed by atoms with Crippen molar-refractivity contribution in [1.82, 2.24) is 0 Å². The highest BCUT2D eigenvalue weighted by Crippen LogP contribution is 2.37. The Morgan fingerprint density at radius 1 is 1.20 bits per heavy atom. The van der Waals surface area contributed by atoms with E-state index in [-0.39, 0.29) is 15.7 Å². The molecule has 3 nitrogen and oxygen atoms in total. The van der Waals surface area contributed by atoms with E-state index in [2.05, 4.69) is 22.9 Å². The lowest BCUT2D eigenvalue weighted by Crippen LogP contribution is -2.03. The third-order valence-electron chi connectivity index (χ3n) is 2.73. The van der Waals surface area contributed by atoms with Gasteiger partial charge in [0.15, 0.2) is 5.75 Å². The first-order valence-electron chi connectivity index (χ1n) is 6.42. The Morgan fingerprint density at radius 3 is 2.45 bits per heavy atom. The number of rotatable bonds is 8. The average Bonchev–Trinajstić information content (AvgIpc) is 2.34. The highest BCUT2D eigenvalue weighted by Gasteiger charge is 2.20. The molecule has 0 heterocycles. The van der Waals surface area contributed by atoms with Gasteiger partial charge in [0.25, 0.3) is 9.05 Å². The van der Waals surface area contributed by atoms with Gasteiger partial charge in [-0.15, -0.1) is 0 Å². The molecule has 0 amide bonds. The second kappa shape index (κ2) is 8.47. The number of benzene rings is 1. The summed E-state index contributed by atoms with van der Waals surface area (Å²) in [6.45, 7) is 2.57. The number of hydrogen-bond acceptors (Lipinski definition) is 3. The van der Waals surface area contributed by atoms with Gasteiger partial charge in [-0.25, -0.2) is 8.42 Å². The van der Waals surface area contributed by atoms with E-state index in [9.17, 15) is 8.42 Å². The Bertz CT molecular complexity index is 547. The van der Waals surface area contributed by atoms with E-state index < -0.39 is 9.05 Å². The molecule has 1 aromatic carbocycles. The van der Waals surface area contributed by atoms with Crippen molar-refractivity contribution in [1.29, 1.82) is 0 Å². The lowest BCUT2D eigenvalue weighted by atomic mass is 10.2. The summed E-state index contributed by atoms with van der Waals surface area (Å²) in [5.74, 6) is 0.125. The van der Waals surface area contributed by atoms with E-state index in [0.717, 1.165) is 19.3 Å². The molecule has 0 unspecified atom stereocenters. The Labute approximate surface area is 138 Å². The Hall–Kier alpha value is 0.0300. The molecule has 20 heavy (non-hydrogen) atoms. The van der Waals surface area contributed by atoms with Crippen molar-refractivity contribution < 1.29 is 13.2 Å². The first-order chi connectivity index (χ1) is 9.36. The molecule has 0 saturated carbocycles. The molecule has 0 saturated heterocycles. The van der Waals surface area contributed by atoms with Gasteiger partial charge in [0.1, 0.15) is 4.90 Å². The van der Waals surface area contributed by atoms with Gasteiger partial charge < -0.3 is 4.74 Å². The minimum atomic E-state index is -3.90. The second-order valence-corrected chi connectivity index (χ2v) is 8.27. The first kappa shape index (κ1) is 18.1. The van der Waals surface area contributed by atoms with E-state index >= 15 is 0 Å². The number of ether oxygens (including phenoxy) is 1. The maximum atomic E-state index is 11.5. The van der Waals surface area contributed by atoms with Crippen LogP contribution in [0.2, 0.25) is 5.02 Å². The van der Waals surface area contributed by atoms with Crippen molar-refractivity contribution in [3.05, 3.63) is 21.6 Å². The van der Waals surface area contributed by atoms with E-state index in [1.165, 1.54) is 18.9 Å². The first-order valence-corrected chi connectivity index (χ1v) is 9.90. The predicted octanol–water partition coefficient (Wildman–Crippen LogP) is 5.38. The van der Waals surface area contributed by atoms with Crippen LogP contribution in [0.25, 0.3) is 0 Å². The zero-order chi connectivity index (χ0) is 15.2. The third kappa shape index (κ3) is 5.80. The number of hydrogen-bond donors (Lipinski definition) is 0. The van der Waals surface area contributed by atoms with Crippen molar-refractivity contribution >= 4 is 47.3 Å². The molecule has 7 heteroatoms. The number of unbranched alkanes of at least 4 members (excludes halogenated alkanes) is 4. The Balaban J connectivity index is 2.74. The summed E-state index contributed by atoms with van der Waals surface area (Å²) in [7, 11) is 1.50. The van der Waals surface area contributed by atoms with Gasteiger partial charge in [0, 0.05) is 15.2 Å². The highest BCUT2D eigenvalue weighted by atomic mass is 79.9. The van der Waals surface area contributed by atoms with Gasteiger partial charge in [-0.05, 0) is 18.6 Å². The molecule has 114 valence electrons. The van der Waals surface area contributed by atoms with Crippen LogP contribution in [0.1, 0.15) is 39.0 Å². The molecule has 1 aromatic rings. The molecule has 0 fully saturated rings. The Morgan fingerprint density at radius 2 is 1.85 bits per heavy atom. The van der Waals surface area contributed by atoms with Crippen LogP contribution in [0.3, 0.4) is 0 Å².